The SMILES string of the molecule is Cc1ccc(NC(=O)Cn2ccn3nc(-c4ccccc4)cc3c2=O)c(C)c1. The van der Waals surface area contributed by atoms with Crippen LogP contribution in [-0.2, 0) is 11.3 Å². The molecule has 0 aliphatic rings. The highest BCUT2D eigenvalue weighted by atomic mass is 16.2. The molecule has 0 spiro atoms. The number of nitrogens with one attached hydrogen (secondary N) is 1. The molecule has 2 aromatic heterocycles. The predicted molar refractivity (Wildman–Crippen MR) is 109 cm³/mol. The van der Waals surface area contributed by atoms with Crippen LogP contribution < -0.4 is 10.9 Å². The Balaban J connectivity index is 1.59. The largest absolute Gasteiger partial charge is 0.324 e. The number of carbonyl (C=O) groups is 1. The Morgan fingerprint density at radius 1 is 1.04 bits per heavy atom. The van der Waals surface area contributed by atoms with E-state index in [-0.39, 0.29) is 18.0 Å². The third-order valence-electron chi connectivity index (χ3n) is 4.64. The van der Waals surface area contributed by atoms with Crippen molar-refractivity contribution in [2.24, 2.45) is 0 Å². The van der Waals surface area contributed by atoms with E-state index in [4.69, 9.17) is 0 Å². The summed E-state index contributed by atoms with van der Waals surface area (Å²) in [6.07, 6.45) is 3.27. The molecular formula is C22H20N4O2. The van der Waals surface area contributed by atoms with Crippen molar-refractivity contribution in [1.29, 1.82) is 0 Å². The van der Waals surface area contributed by atoms with E-state index in [2.05, 4.69) is 10.4 Å². The van der Waals surface area contributed by atoms with Gasteiger partial charge in [0, 0.05) is 23.6 Å². The first-order valence-electron chi connectivity index (χ1n) is 9.02. The molecule has 0 aliphatic heterocycles. The zero-order chi connectivity index (χ0) is 19.7. The van der Waals surface area contributed by atoms with Gasteiger partial charge in [-0.05, 0) is 31.5 Å². The van der Waals surface area contributed by atoms with Crippen LogP contribution in [0.4, 0.5) is 5.69 Å². The van der Waals surface area contributed by atoms with E-state index >= 15 is 0 Å². The van der Waals surface area contributed by atoms with Gasteiger partial charge in [0.15, 0.2) is 0 Å². The molecule has 0 bridgehead atoms. The first-order valence-corrected chi connectivity index (χ1v) is 9.02. The van der Waals surface area contributed by atoms with Crippen LogP contribution in [0.3, 0.4) is 0 Å². The zero-order valence-corrected chi connectivity index (χ0v) is 15.7. The van der Waals surface area contributed by atoms with E-state index in [1.807, 2.05) is 62.4 Å². The number of aryl methyl sites for hydroxylation is 2. The summed E-state index contributed by atoms with van der Waals surface area (Å²) in [6, 6.07) is 17.2. The van der Waals surface area contributed by atoms with Gasteiger partial charge in [0.05, 0.1) is 5.69 Å². The standard InChI is InChI=1S/C22H20N4O2/c1-15-8-9-18(16(2)12-15)23-21(27)14-25-10-11-26-20(22(25)28)13-19(24-26)17-6-4-3-5-7-17/h3-13H,14H2,1-2H3,(H,23,27). The van der Waals surface area contributed by atoms with Gasteiger partial charge in [-0.1, -0.05) is 48.0 Å². The Morgan fingerprint density at radius 2 is 1.82 bits per heavy atom. The molecule has 2 aromatic carbocycles. The quantitative estimate of drug-likeness (QED) is 0.597. The molecule has 6 heteroatoms. The maximum Gasteiger partial charge on any atom is 0.277 e. The second-order valence-corrected chi connectivity index (χ2v) is 6.82. The van der Waals surface area contributed by atoms with Crippen LogP contribution in [0.2, 0.25) is 0 Å². The third kappa shape index (κ3) is 3.44. The number of fused-ring (bicyclic) bond motifs is 1. The molecular weight excluding hydrogens is 352 g/mol. The molecule has 0 aliphatic carbocycles. The first-order chi connectivity index (χ1) is 13.5. The van der Waals surface area contributed by atoms with Gasteiger partial charge in [0.2, 0.25) is 5.91 Å². The molecule has 1 N–H and O–H groups in total. The zero-order valence-electron chi connectivity index (χ0n) is 15.7. The molecule has 4 aromatic rings. The highest BCUT2D eigenvalue weighted by Gasteiger charge is 2.12. The summed E-state index contributed by atoms with van der Waals surface area (Å²) in [5.74, 6) is -0.249. The van der Waals surface area contributed by atoms with Gasteiger partial charge in [-0.25, -0.2) is 4.52 Å². The first kappa shape index (κ1) is 17.7. The van der Waals surface area contributed by atoms with Crippen LogP contribution in [0.1, 0.15) is 11.1 Å². The fraction of sp³-hybridized carbons (Fsp3) is 0.136. The molecule has 2 heterocycles. The van der Waals surface area contributed by atoms with Crippen LogP contribution in [0.5, 0.6) is 0 Å². The number of anilines is 1. The Labute approximate surface area is 162 Å². The van der Waals surface area contributed by atoms with E-state index in [0.29, 0.717) is 5.52 Å². The van der Waals surface area contributed by atoms with Crippen LogP contribution in [0, 0.1) is 13.8 Å². The van der Waals surface area contributed by atoms with Crippen LogP contribution >= 0.6 is 0 Å². The van der Waals surface area contributed by atoms with Gasteiger partial charge in [-0.2, -0.15) is 5.10 Å². The summed E-state index contributed by atoms with van der Waals surface area (Å²) < 4.78 is 2.94. The van der Waals surface area contributed by atoms with Crippen LogP contribution in [0.25, 0.3) is 16.8 Å². The molecule has 0 unspecified atom stereocenters. The lowest BCUT2D eigenvalue weighted by Gasteiger charge is -2.10. The number of nitrogens with zero attached hydrogens (tertiary/aromatic N) is 3. The molecule has 28 heavy (non-hydrogen) atoms. The minimum atomic E-state index is -0.257. The topological polar surface area (TPSA) is 68.4 Å². The molecule has 0 saturated heterocycles. The third-order valence-corrected chi connectivity index (χ3v) is 4.64. The fourth-order valence-corrected chi connectivity index (χ4v) is 3.20. The Kier molecular flexibility index (Phi) is 4.53. The van der Waals surface area contributed by atoms with Crippen molar-refractivity contribution in [1.82, 2.24) is 14.2 Å². The fourth-order valence-electron chi connectivity index (χ4n) is 3.20. The summed E-state index contributed by atoms with van der Waals surface area (Å²) in [5.41, 5.74) is 4.69. The van der Waals surface area contributed by atoms with Crippen LogP contribution in [-0.4, -0.2) is 20.1 Å². The number of aromatic nitrogens is 3. The monoisotopic (exact) mass is 372 g/mol. The average Bonchev–Trinajstić information content (AvgIpc) is 3.12. The lowest BCUT2D eigenvalue weighted by Crippen LogP contribution is -2.28. The van der Waals surface area contributed by atoms with Crippen molar-refractivity contribution in [2.75, 3.05) is 5.32 Å². The van der Waals surface area contributed by atoms with Crippen molar-refractivity contribution < 1.29 is 4.79 Å². The Morgan fingerprint density at radius 3 is 2.57 bits per heavy atom. The van der Waals surface area contributed by atoms with Crippen molar-refractivity contribution >= 4 is 17.1 Å². The number of hydrogen-bond acceptors (Lipinski definition) is 3. The number of carbonyl (C=O) groups excluding carboxylic acids is 1. The molecule has 0 fully saturated rings. The average molecular weight is 372 g/mol. The second kappa shape index (κ2) is 7.15. The molecule has 0 atom stereocenters. The van der Waals surface area contributed by atoms with E-state index in [0.717, 1.165) is 28.1 Å². The number of benzene rings is 2. The van der Waals surface area contributed by atoms with Gasteiger partial charge >= 0.3 is 0 Å². The minimum Gasteiger partial charge on any atom is -0.324 e. The molecule has 6 nitrogen and oxygen atoms in total. The molecule has 1 amide bonds. The highest BCUT2D eigenvalue weighted by molar-refractivity contribution is 5.91. The van der Waals surface area contributed by atoms with Crippen molar-refractivity contribution in [3.8, 4) is 11.3 Å². The summed E-state index contributed by atoms with van der Waals surface area (Å²) in [5, 5.41) is 7.33. The van der Waals surface area contributed by atoms with Gasteiger partial charge in [0.1, 0.15) is 12.1 Å². The Hall–Kier alpha value is -3.67. The number of hydrogen-bond donors (Lipinski definition) is 1. The molecule has 0 radical (unpaired) electrons. The summed E-state index contributed by atoms with van der Waals surface area (Å²) >= 11 is 0. The van der Waals surface area contributed by atoms with E-state index in [1.54, 1.807) is 23.0 Å². The van der Waals surface area contributed by atoms with Gasteiger partial charge < -0.3 is 9.88 Å². The van der Waals surface area contributed by atoms with Gasteiger partial charge in [0.25, 0.3) is 5.56 Å². The molecule has 140 valence electrons. The smallest absolute Gasteiger partial charge is 0.277 e. The maximum absolute atomic E-state index is 12.8. The van der Waals surface area contributed by atoms with E-state index < -0.39 is 0 Å². The van der Waals surface area contributed by atoms with Crippen molar-refractivity contribution in [2.45, 2.75) is 20.4 Å². The van der Waals surface area contributed by atoms with Gasteiger partial charge in [-0.3, -0.25) is 9.59 Å². The highest BCUT2D eigenvalue weighted by Crippen LogP contribution is 2.18. The second-order valence-electron chi connectivity index (χ2n) is 6.82. The minimum absolute atomic E-state index is 0.0610. The lowest BCUT2D eigenvalue weighted by atomic mass is 10.1. The van der Waals surface area contributed by atoms with Crippen molar-refractivity contribution in [3.05, 3.63) is 88.5 Å². The van der Waals surface area contributed by atoms with E-state index in [9.17, 15) is 9.59 Å². The Bertz CT molecular complexity index is 1220. The predicted octanol–water partition coefficient (Wildman–Crippen LogP) is 3.42. The number of amides is 1. The summed E-state index contributed by atoms with van der Waals surface area (Å²) in [4.78, 5) is 25.2. The normalized spacial score (nSPS) is 10.9. The number of rotatable bonds is 4. The molecule has 0 saturated carbocycles. The van der Waals surface area contributed by atoms with E-state index in [1.165, 1.54) is 4.57 Å². The van der Waals surface area contributed by atoms with Crippen LogP contribution in [0.15, 0.2) is 71.8 Å². The lowest BCUT2D eigenvalue weighted by molar-refractivity contribution is -0.116. The summed E-state index contributed by atoms with van der Waals surface area (Å²) in [7, 11) is 0. The molecule has 4 rings (SSSR count). The summed E-state index contributed by atoms with van der Waals surface area (Å²) in [6.45, 7) is 3.88. The van der Waals surface area contributed by atoms with Crippen molar-refractivity contribution in [3.63, 3.8) is 0 Å². The maximum atomic E-state index is 12.8. The van der Waals surface area contributed by atoms with Gasteiger partial charge in [-0.15, -0.1) is 0 Å².